The topological polar surface area (TPSA) is 47.4 Å². The maximum Gasteiger partial charge on any atom is 0.319 e. The largest absolute Gasteiger partial charge is 0.468 e. The first-order valence-electron chi connectivity index (χ1n) is 6.18. The summed E-state index contributed by atoms with van der Waals surface area (Å²) in [5, 5.41) is 4.69. The van der Waals surface area contributed by atoms with Crippen molar-refractivity contribution >= 4 is 17.6 Å². The second-order valence-electron chi connectivity index (χ2n) is 4.39. The van der Waals surface area contributed by atoms with Crippen LogP contribution in [0.4, 0.5) is 0 Å². The Hall–Kier alpha value is -1.85. The fourth-order valence-electron chi connectivity index (χ4n) is 1.87. The molecule has 0 aliphatic carbocycles. The summed E-state index contributed by atoms with van der Waals surface area (Å²) in [6.45, 7) is 1.30. The summed E-state index contributed by atoms with van der Waals surface area (Å²) in [4.78, 5) is 13.4. The summed E-state index contributed by atoms with van der Waals surface area (Å²) < 4.78 is 6.41. The third-order valence-electron chi connectivity index (χ3n) is 2.78. The summed E-state index contributed by atoms with van der Waals surface area (Å²) in [6, 6.07) is 9.93. The molecule has 0 N–H and O–H groups in total. The Morgan fingerprint density at radius 3 is 2.75 bits per heavy atom. The van der Waals surface area contributed by atoms with Gasteiger partial charge in [-0.05, 0) is 5.56 Å². The molecule has 0 radical (unpaired) electrons. The van der Waals surface area contributed by atoms with Gasteiger partial charge in [0.05, 0.1) is 31.5 Å². The van der Waals surface area contributed by atoms with E-state index < -0.39 is 0 Å². The molecular formula is C14H16ClN3O2. The normalized spacial score (nSPS) is 10.8. The van der Waals surface area contributed by atoms with E-state index in [1.54, 1.807) is 17.1 Å². The van der Waals surface area contributed by atoms with E-state index in [2.05, 4.69) is 5.10 Å². The summed E-state index contributed by atoms with van der Waals surface area (Å²) in [7, 11) is 1.38. The number of benzene rings is 1. The second kappa shape index (κ2) is 7.07. The van der Waals surface area contributed by atoms with Crippen molar-refractivity contribution in [1.29, 1.82) is 0 Å². The van der Waals surface area contributed by atoms with Crippen molar-refractivity contribution in [3.8, 4) is 0 Å². The van der Waals surface area contributed by atoms with Crippen molar-refractivity contribution in [2.45, 2.75) is 13.2 Å². The molecule has 0 saturated heterocycles. The highest BCUT2D eigenvalue weighted by Gasteiger charge is 2.12. The van der Waals surface area contributed by atoms with Gasteiger partial charge >= 0.3 is 5.97 Å². The molecule has 0 unspecified atom stereocenters. The van der Waals surface area contributed by atoms with Gasteiger partial charge in [0.15, 0.2) is 0 Å². The molecule has 5 nitrogen and oxygen atoms in total. The fourth-order valence-corrected chi connectivity index (χ4v) is 2.02. The van der Waals surface area contributed by atoms with Crippen molar-refractivity contribution in [1.82, 2.24) is 14.7 Å². The Labute approximate surface area is 122 Å². The van der Waals surface area contributed by atoms with Crippen LogP contribution in [-0.2, 0) is 22.7 Å². The van der Waals surface area contributed by atoms with E-state index in [4.69, 9.17) is 16.3 Å². The third kappa shape index (κ3) is 4.36. The van der Waals surface area contributed by atoms with Gasteiger partial charge in [-0.1, -0.05) is 41.9 Å². The molecular weight excluding hydrogens is 278 g/mol. The summed E-state index contributed by atoms with van der Waals surface area (Å²) in [5.74, 6) is -0.279. The molecule has 0 atom stereocenters. The number of hydrogen-bond acceptors (Lipinski definition) is 4. The van der Waals surface area contributed by atoms with Crippen LogP contribution in [0.3, 0.4) is 0 Å². The molecule has 20 heavy (non-hydrogen) atoms. The predicted molar refractivity (Wildman–Crippen MR) is 76.1 cm³/mol. The number of ether oxygens (including phenoxy) is 1. The molecule has 106 valence electrons. The SMILES string of the molecule is COC(=O)CN(Cc1ccccc1)Cn1cc(Cl)cn1. The Bertz CT molecular complexity index is 557. The lowest BCUT2D eigenvalue weighted by atomic mass is 10.2. The highest BCUT2D eigenvalue weighted by Crippen LogP contribution is 2.09. The molecule has 0 aliphatic heterocycles. The minimum absolute atomic E-state index is 0.197. The smallest absolute Gasteiger partial charge is 0.319 e. The number of carbonyl (C=O) groups excluding carboxylic acids is 1. The van der Waals surface area contributed by atoms with Crippen LogP contribution in [0.25, 0.3) is 0 Å². The Balaban J connectivity index is 2.05. The molecule has 1 aromatic heterocycles. The van der Waals surface area contributed by atoms with Gasteiger partial charge < -0.3 is 4.74 Å². The number of rotatable bonds is 6. The number of halogens is 1. The van der Waals surface area contributed by atoms with Crippen molar-refractivity contribution in [2.75, 3.05) is 13.7 Å². The van der Waals surface area contributed by atoms with E-state index in [0.717, 1.165) is 5.56 Å². The lowest BCUT2D eigenvalue weighted by Crippen LogP contribution is -2.32. The van der Waals surface area contributed by atoms with Gasteiger partial charge in [0.1, 0.15) is 0 Å². The summed E-state index contributed by atoms with van der Waals surface area (Å²) in [6.07, 6.45) is 3.29. The first-order chi connectivity index (χ1) is 9.67. The zero-order valence-corrected chi connectivity index (χ0v) is 12.0. The second-order valence-corrected chi connectivity index (χ2v) is 4.82. The zero-order valence-electron chi connectivity index (χ0n) is 11.2. The molecule has 1 heterocycles. The molecule has 0 fully saturated rings. The number of nitrogens with zero attached hydrogens (tertiary/aromatic N) is 3. The lowest BCUT2D eigenvalue weighted by molar-refractivity contribution is -0.142. The van der Waals surface area contributed by atoms with Crippen LogP contribution in [0.2, 0.25) is 5.02 Å². The standard InChI is InChI=1S/C14H16ClN3O2/c1-20-14(19)10-17(8-12-5-3-2-4-6-12)11-18-9-13(15)7-16-18/h2-7,9H,8,10-11H2,1H3. The van der Waals surface area contributed by atoms with Gasteiger partial charge in [-0.2, -0.15) is 5.10 Å². The number of hydrogen-bond donors (Lipinski definition) is 0. The molecule has 6 heteroatoms. The lowest BCUT2D eigenvalue weighted by Gasteiger charge is -2.21. The van der Waals surface area contributed by atoms with E-state index in [9.17, 15) is 4.79 Å². The summed E-state index contributed by atoms with van der Waals surface area (Å²) in [5.41, 5.74) is 1.12. The van der Waals surface area contributed by atoms with Gasteiger partial charge in [0, 0.05) is 12.7 Å². The highest BCUT2D eigenvalue weighted by molar-refractivity contribution is 6.30. The Morgan fingerprint density at radius 2 is 2.15 bits per heavy atom. The minimum Gasteiger partial charge on any atom is -0.468 e. The first kappa shape index (κ1) is 14.6. The van der Waals surface area contributed by atoms with Crippen LogP contribution in [0.1, 0.15) is 5.56 Å². The van der Waals surface area contributed by atoms with Crippen LogP contribution in [0.5, 0.6) is 0 Å². The van der Waals surface area contributed by atoms with Crippen LogP contribution >= 0.6 is 11.6 Å². The molecule has 1 aromatic carbocycles. The maximum absolute atomic E-state index is 11.5. The average molecular weight is 294 g/mol. The third-order valence-corrected chi connectivity index (χ3v) is 2.97. The Morgan fingerprint density at radius 1 is 1.40 bits per heavy atom. The van der Waals surface area contributed by atoms with Crippen molar-refractivity contribution in [2.24, 2.45) is 0 Å². The van der Waals surface area contributed by atoms with E-state index in [0.29, 0.717) is 18.2 Å². The van der Waals surface area contributed by atoms with Crippen molar-refractivity contribution in [3.05, 3.63) is 53.3 Å². The van der Waals surface area contributed by atoms with Gasteiger partial charge in [0.25, 0.3) is 0 Å². The van der Waals surface area contributed by atoms with Crippen LogP contribution in [-0.4, -0.2) is 34.3 Å². The zero-order chi connectivity index (χ0) is 14.4. The molecule has 2 aromatic rings. The molecule has 2 rings (SSSR count). The van der Waals surface area contributed by atoms with E-state index in [-0.39, 0.29) is 12.5 Å². The molecule has 0 spiro atoms. The predicted octanol–water partition coefficient (Wildman–Crippen LogP) is 2.17. The molecule has 0 aliphatic rings. The van der Waals surface area contributed by atoms with E-state index in [1.807, 2.05) is 35.2 Å². The van der Waals surface area contributed by atoms with E-state index in [1.165, 1.54) is 7.11 Å². The van der Waals surface area contributed by atoms with Gasteiger partial charge in [0.2, 0.25) is 0 Å². The number of methoxy groups -OCH3 is 1. The monoisotopic (exact) mass is 293 g/mol. The molecule has 0 saturated carbocycles. The van der Waals surface area contributed by atoms with E-state index >= 15 is 0 Å². The first-order valence-corrected chi connectivity index (χ1v) is 6.56. The van der Waals surface area contributed by atoms with Crippen LogP contribution in [0.15, 0.2) is 42.7 Å². The average Bonchev–Trinajstić information content (AvgIpc) is 2.85. The Kier molecular flexibility index (Phi) is 5.15. The number of esters is 1. The maximum atomic E-state index is 11.5. The van der Waals surface area contributed by atoms with Crippen LogP contribution < -0.4 is 0 Å². The molecule has 0 amide bonds. The van der Waals surface area contributed by atoms with Gasteiger partial charge in [-0.25, -0.2) is 0 Å². The van der Waals surface area contributed by atoms with Crippen molar-refractivity contribution < 1.29 is 9.53 Å². The highest BCUT2D eigenvalue weighted by atomic mass is 35.5. The van der Waals surface area contributed by atoms with Gasteiger partial charge in [-0.15, -0.1) is 0 Å². The molecule has 0 bridgehead atoms. The number of aromatic nitrogens is 2. The number of carbonyl (C=O) groups is 1. The quantitative estimate of drug-likeness (QED) is 0.766. The summed E-state index contributed by atoms with van der Waals surface area (Å²) >= 11 is 5.84. The minimum atomic E-state index is -0.279. The van der Waals surface area contributed by atoms with Gasteiger partial charge in [-0.3, -0.25) is 14.4 Å². The van der Waals surface area contributed by atoms with Crippen molar-refractivity contribution in [3.63, 3.8) is 0 Å². The van der Waals surface area contributed by atoms with Crippen LogP contribution in [0, 0.1) is 0 Å². The fraction of sp³-hybridized carbons (Fsp3) is 0.286.